The zero-order valence-corrected chi connectivity index (χ0v) is 14.8. The Morgan fingerprint density at radius 1 is 1.25 bits per heavy atom. The highest BCUT2D eigenvalue weighted by atomic mass is 32.2. The topological polar surface area (TPSA) is 94.1 Å². The number of sulfonamides is 1. The van der Waals surface area contributed by atoms with Gasteiger partial charge in [-0.2, -0.15) is 9.40 Å². The van der Waals surface area contributed by atoms with Crippen molar-refractivity contribution in [3.05, 3.63) is 35.2 Å². The minimum absolute atomic E-state index is 0.0851. The summed E-state index contributed by atoms with van der Waals surface area (Å²) in [6.07, 6.45) is 0. The largest absolute Gasteiger partial charge is 0.270 e. The summed E-state index contributed by atoms with van der Waals surface area (Å²) in [6, 6.07) is 4.79. The third-order valence-corrected chi connectivity index (χ3v) is 5.98. The number of benzene rings is 1. The molecule has 3 rings (SSSR count). The lowest BCUT2D eigenvalue weighted by molar-refractivity contribution is 0.315. The highest BCUT2D eigenvalue weighted by Crippen LogP contribution is 2.25. The van der Waals surface area contributed by atoms with Crippen LogP contribution in [-0.4, -0.2) is 39.9 Å². The molecule has 0 amide bonds. The van der Waals surface area contributed by atoms with Gasteiger partial charge in [-0.3, -0.25) is 4.68 Å². The van der Waals surface area contributed by atoms with Gasteiger partial charge in [0.15, 0.2) is 5.52 Å². The first-order chi connectivity index (χ1) is 11.4. The van der Waals surface area contributed by atoms with Crippen molar-refractivity contribution in [2.75, 3.05) is 7.05 Å². The summed E-state index contributed by atoms with van der Waals surface area (Å²) in [6.45, 7) is 6.81. The summed E-state index contributed by atoms with van der Waals surface area (Å²) < 4.78 is 33.7. The molecule has 2 aromatic heterocycles. The molecule has 0 aliphatic carbocycles. The maximum absolute atomic E-state index is 12.9. The van der Waals surface area contributed by atoms with Crippen molar-refractivity contribution in [1.82, 2.24) is 24.4 Å². The van der Waals surface area contributed by atoms with E-state index in [4.69, 9.17) is 0 Å². The van der Waals surface area contributed by atoms with Crippen molar-refractivity contribution in [1.29, 1.82) is 0 Å². The molecule has 9 heteroatoms. The average Bonchev–Trinajstić information content (AvgIpc) is 3.13. The maximum Gasteiger partial charge on any atom is 0.245 e. The van der Waals surface area contributed by atoms with Crippen LogP contribution in [0.4, 0.5) is 0 Å². The van der Waals surface area contributed by atoms with Gasteiger partial charge in [0.2, 0.25) is 10.0 Å². The Hall–Kier alpha value is -2.26. The maximum atomic E-state index is 12.9. The molecule has 0 aliphatic rings. The molecule has 0 radical (unpaired) electrons. The number of aromatic nitrogens is 4. The second kappa shape index (κ2) is 5.99. The van der Waals surface area contributed by atoms with Gasteiger partial charge >= 0.3 is 0 Å². The van der Waals surface area contributed by atoms with Gasteiger partial charge in [0.1, 0.15) is 10.4 Å². The molecule has 2 heterocycles. The standard InChI is InChI=1S/C15H19N5O3S/c1-5-20-11(3)12(10(2)16-20)9-19(4)24(21,22)14-8-6-7-13-15(14)18-23-17-13/h6-8H,5,9H2,1-4H3. The zero-order chi connectivity index (χ0) is 17.5. The van der Waals surface area contributed by atoms with Crippen LogP contribution in [0.25, 0.3) is 11.0 Å². The highest BCUT2D eigenvalue weighted by molar-refractivity contribution is 7.89. The molecule has 0 N–H and O–H groups in total. The van der Waals surface area contributed by atoms with Crippen LogP contribution in [0.2, 0.25) is 0 Å². The first-order valence-corrected chi connectivity index (χ1v) is 9.00. The predicted octanol–water partition coefficient (Wildman–Crippen LogP) is 1.88. The number of nitrogens with zero attached hydrogens (tertiary/aromatic N) is 5. The molecule has 3 aromatic rings. The van der Waals surface area contributed by atoms with Gasteiger partial charge in [0, 0.05) is 31.4 Å². The third-order valence-electron chi connectivity index (χ3n) is 4.15. The molecule has 24 heavy (non-hydrogen) atoms. The molecule has 0 fully saturated rings. The molecule has 0 bridgehead atoms. The van der Waals surface area contributed by atoms with Gasteiger partial charge in [-0.1, -0.05) is 6.07 Å². The molecule has 0 atom stereocenters. The van der Waals surface area contributed by atoms with Gasteiger partial charge in [0.05, 0.1) is 5.69 Å². The SMILES string of the molecule is CCn1nc(C)c(CN(C)S(=O)(=O)c2cccc3nonc23)c1C. The molecular formula is C15H19N5O3S. The summed E-state index contributed by atoms with van der Waals surface area (Å²) in [5.74, 6) is 0. The molecule has 128 valence electrons. The van der Waals surface area contributed by atoms with E-state index in [0.717, 1.165) is 23.5 Å². The lowest BCUT2D eigenvalue weighted by Crippen LogP contribution is -2.27. The molecule has 0 unspecified atom stereocenters. The van der Waals surface area contributed by atoms with Crippen LogP contribution in [0.5, 0.6) is 0 Å². The minimum atomic E-state index is -3.73. The van der Waals surface area contributed by atoms with Gasteiger partial charge in [-0.15, -0.1) is 0 Å². The van der Waals surface area contributed by atoms with Crippen LogP contribution in [0.3, 0.4) is 0 Å². The summed E-state index contributed by atoms with van der Waals surface area (Å²) in [4.78, 5) is 0.0851. The van der Waals surface area contributed by atoms with Crippen molar-refractivity contribution < 1.29 is 13.0 Å². The van der Waals surface area contributed by atoms with Gasteiger partial charge in [-0.25, -0.2) is 13.0 Å². The fourth-order valence-corrected chi connectivity index (χ4v) is 4.01. The van der Waals surface area contributed by atoms with E-state index >= 15 is 0 Å². The second-order valence-corrected chi connectivity index (χ2v) is 7.63. The molecule has 0 saturated heterocycles. The molecular weight excluding hydrogens is 330 g/mol. The monoisotopic (exact) mass is 349 g/mol. The number of hydrogen-bond acceptors (Lipinski definition) is 6. The smallest absolute Gasteiger partial charge is 0.245 e. The van der Waals surface area contributed by atoms with E-state index in [1.165, 1.54) is 10.4 Å². The third kappa shape index (κ3) is 2.59. The van der Waals surface area contributed by atoms with Crippen molar-refractivity contribution >= 4 is 21.1 Å². The quantitative estimate of drug-likeness (QED) is 0.698. The number of fused-ring (bicyclic) bond motifs is 1. The fraction of sp³-hybridized carbons (Fsp3) is 0.400. The van der Waals surface area contributed by atoms with E-state index < -0.39 is 10.0 Å². The van der Waals surface area contributed by atoms with E-state index in [1.807, 2.05) is 25.5 Å². The van der Waals surface area contributed by atoms with Gasteiger partial charge < -0.3 is 0 Å². The van der Waals surface area contributed by atoms with Crippen LogP contribution in [0, 0.1) is 13.8 Å². The summed E-state index contributed by atoms with van der Waals surface area (Å²) in [5, 5.41) is 11.9. The number of hydrogen-bond donors (Lipinski definition) is 0. The Kier molecular flexibility index (Phi) is 4.14. The molecule has 8 nitrogen and oxygen atoms in total. The first-order valence-electron chi connectivity index (χ1n) is 7.56. The Morgan fingerprint density at radius 3 is 2.67 bits per heavy atom. The molecule has 0 saturated carbocycles. The molecule has 0 aliphatic heterocycles. The van der Waals surface area contributed by atoms with Crippen molar-refractivity contribution in [2.45, 2.75) is 38.8 Å². The zero-order valence-electron chi connectivity index (χ0n) is 14.0. The van der Waals surface area contributed by atoms with Gasteiger partial charge in [0.25, 0.3) is 0 Å². The van der Waals surface area contributed by atoms with Crippen LogP contribution < -0.4 is 0 Å². The van der Waals surface area contributed by atoms with Crippen molar-refractivity contribution in [3.8, 4) is 0 Å². The number of aryl methyl sites for hydroxylation is 2. The lowest BCUT2D eigenvalue weighted by Gasteiger charge is -2.17. The van der Waals surface area contributed by atoms with E-state index in [2.05, 4.69) is 20.0 Å². The summed E-state index contributed by atoms with van der Waals surface area (Å²) in [7, 11) is -2.19. The van der Waals surface area contributed by atoms with E-state index in [9.17, 15) is 8.42 Å². The summed E-state index contributed by atoms with van der Waals surface area (Å²) in [5.41, 5.74) is 3.36. The Balaban J connectivity index is 1.99. The average molecular weight is 349 g/mol. The first kappa shape index (κ1) is 16.6. The van der Waals surface area contributed by atoms with Crippen molar-refractivity contribution in [3.63, 3.8) is 0 Å². The Morgan fingerprint density at radius 2 is 2.00 bits per heavy atom. The van der Waals surface area contributed by atoms with Crippen LogP contribution >= 0.6 is 0 Å². The number of rotatable bonds is 5. The summed E-state index contributed by atoms with van der Waals surface area (Å²) >= 11 is 0. The fourth-order valence-electron chi connectivity index (χ4n) is 2.74. The van der Waals surface area contributed by atoms with Crippen LogP contribution in [0.1, 0.15) is 23.9 Å². The minimum Gasteiger partial charge on any atom is -0.270 e. The van der Waals surface area contributed by atoms with E-state index in [0.29, 0.717) is 5.52 Å². The molecule has 0 spiro atoms. The van der Waals surface area contributed by atoms with Gasteiger partial charge in [-0.05, 0) is 43.2 Å². The molecule has 1 aromatic carbocycles. The second-order valence-electron chi connectivity index (χ2n) is 5.61. The van der Waals surface area contributed by atoms with Crippen LogP contribution in [0.15, 0.2) is 27.7 Å². The Labute approximate surface area is 140 Å². The van der Waals surface area contributed by atoms with Crippen molar-refractivity contribution in [2.24, 2.45) is 0 Å². The Bertz CT molecular complexity index is 990. The van der Waals surface area contributed by atoms with E-state index in [1.54, 1.807) is 19.2 Å². The predicted molar refractivity (Wildman–Crippen MR) is 87.8 cm³/mol. The normalized spacial score (nSPS) is 12.4. The lowest BCUT2D eigenvalue weighted by atomic mass is 10.2. The van der Waals surface area contributed by atoms with E-state index in [-0.39, 0.29) is 17.0 Å². The van der Waals surface area contributed by atoms with Crippen LogP contribution in [-0.2, 0) is 23.1 Å². The highest BCUT2D eigenvalue weighted by Gasteiger charge is 2.27.